The molecule has 0 saturated carbocycles. The third kappa shape index (κ3) is 23.7. The number of hydrogen-bond acceptors (Lipinski definition) is 7. The molecule has 0 aromatic rings. The Balaban J connectivity index is 0. The van der Waals surface area contributed by atoms with Crippen LogP contribution in [0.2, 0.25) is 0 Å². The number of rotatable bonds is 12. The predicted octanol–water partition coefficient (Wildman–Crippen LogP) is 3.75. The fraction of sp³-hybridized carbons (Fsp3) is 1.00. The van der Waals surface area contributed by atoms with Gasteiger partial charge in [-0.05, 0) is 45.4 Å². The second-order valence-electron chi connectivity index (χ2n) is 8.53. The number of aliphatic hydroxyl groups is 1. The minimum absolute atomic E-state index is 0.172. The first-order valence-electron chi connectivity index (χ1n) is 9.33. The molecule has 0 fully saturated rings. The van der Waals surface area contributed by atoms with Gasteiger partial charge in [0.15, 0.2) is 5.79 Å². The Morgan fingerprint density at radius 2 is 1.11 bits per heavy atom. The molecule has 3 N–H and O–H groups in total. The lowest BCUT2D eigenvalue weighted by molar-refractivity contribution is -0.128. The Kier molecular flexibility index (Phi) is 13.2. The summed E-state index contributed by atoms with van der Waals surface area (Å²) in [5, 5.41) is 9.40. The lowest BCUT2D eigenvalue weighted by Crippen LogP contribution is -2.31. The molecule has 1 atom stereocenters. The normalized spacial score (nSPS) is 15.3. The second-order valence-corrected chi connectivity index (χ2v) is 10.6. The van der Waals surface area contributed by atoms with E-state index >= 15 is 0 Å². The zero-order chi connectivity index (χ0) is 22.8. The van der Waals surface area contributed by atoms with Crippen molar-refractivity contribution < 1.29 is 39.4 Å². The number of hydrogen-bond donors (Lipinski definition) is 3. The van der Waals surface area contributed by atoms with Crippen LogP contribution in [-0.4, -0.2) is 42.4 Å². The van der Waals surface area contributed by atoms with Crippen LogP contribution in [0.4, 0.5) is 0 Å². The molecule has 9 nitrogen and oxygen atoms in total. The minimum atomic E-state index is -4.58. The topological polar surface area (TPSA) is 147 Å². The highest BCUT2D eigenvalue weighted by Gasteiger charge is 2.27. The first kappa shape index (κ1) is 29.9. The van der Waals surface area contributed by atoms with Crippen molar-refractivity contribution >= 4 is 20.8 Å². The maximum atomic E-state index is 10.5. The van der Waals surface area contributed by atoms with Gasteiger partial charge in [-0.15, -0.1) is 0 Å². The smallest absolute Gasteiger partial charge is 0.365 e. The van der Waals surface area contributed by atoms with E-state index < -0.39 is 32.2 Å². The van der Waals surface area contributed by atoms with Gasteiger partial charge in [0.2, 0.25) is 0 Å². The van der Waals surface area contributed by atoms with E-state index in [1.54, 1.807) is 13.8 Å². The molecule has 0 bridgehead atoms. The van der Waals surface area contributed by atoms with Crippen LogP contribution in [-0.2, 0) is 29.2 Å². The monoisotopic (exact) mass is 450 g/mol. The summed E-state index contributed by atoms with van der Waals surface area (Å²) in [6.45, 7) is 12.8. The molecule has 0 aliphatic rings. The molecule has 28 heavy (non-hydrogen) atoms. The summed E-state index contributed by atoms with van der Waals surface area (Å²) in [5.41, 5.74) is -0.817. The van der Waals surface area contributed by atoms with Crippen LogP contribution in [0.1, 0.15) is 87.0 Å². The molecule has 0 saturated heterocycles. The molecule has 11 heteroatoms. The third-order valence-corrected chi connectivity index (χ3v) is 4.83. The fourth-order valence-corrected chi connectivity index (χ4v) is 3.56. The molecule has 0 radical (unpaired) electrons. The minimum Gasteiger partial charge on any atom is -0.365 e. The van der Waals surface area contributed by atoms with E-state index in [1.165, 1.54) is 6.92 Å². The summed E-state index contributed by atoms with van der Waals surface area (Å²) in [7, 11) is -8.91. The summed E-state index contributed by atoms with van der Waals surface area (Å²) < 4.78 is 67.1. The second kappa shape index (κ2) is 12.4. The molecule has 0 aliphatic carbocycles. The van der Waals surface area contributed by atoms with E-state index in [9.17, 15) is 21.9 Å². The van der Waals surface area contributed by atoms with Crippen molar-refractivity contribution in [3.8, 4) is 0 Å². The standard InChI is InChI=1S/C9H20O4S.C8H18O5S/c1-8(2)6-5-7-9(3,4)13-14(10,11)12;1-7(2)5-4-6-8(3,9)13-14(10,11)12/h8H,5-7H2,1-4H3,(H,10,11,12);7,9H,4-6H2,1-3H3,(H,10,11,12). The van der Waals surface area contributed by atoms with Gasteiger partial charge >= 0.3 is 20.8 Å². The Bertz CT molecular complexity index is 565. The molecular weight excluding hydrogens is 412 g/mol. The molecule has 0 aromatic heterocycles. The molecular formula is C17H38O9S2. The van der Waals surface area contributed by atoms with Crippen LogP contribution in [0.3, 0.4) is 0 Å². The van der Waals surface area contributed by atoms with E-state index in [1.807, 2.05) is 13.8 Å². The van der Waals surface area contributed by atoms with Crippen molar-refractivity contribution in [3.63, 3.8) is 0 Å². The molecule has 1 unspecified atom stereocenters. The van der Waals surface area contributed by atoms with Crippen LogP contribution in [0.25, 0.3) is 0 Å². The highest BCUT2D eigenvalue weighted by Crippen LogP contribution is 2.21. The summed E-state index contributed by atoms with van der Waals surface area (Å²) in [6, 6.07) is 0. The molecule has 0 aliphatic heterocycles. The van der Waals surface area contributed by atoms with E-state index in [0.717, 1.165) is 19.3 Å². The van der Waals surface area contributed by atoms with E-state index in [2.05, 4.69) is 22.2 Å². The zero-order valence-electron chi connectivity index (χ0n) is 18.0. The molecule has 0 spiro atoms. The molecule has 172 valence electrons. The van der Waals surface area contributed by atoms with Crippen molar-refractivity contribution in [1.82, 2.24) is 0 Å². The lowest BCUT2D eigenvalue weighted by atomic mass is 9.98. The van der Waals surface area contributed by atoms with Gasteiger partial charge in [0.1, 0.15) is 0 Å². The lowest BCUT2D eigenvalue weighted by Gasteiger charge is -2.22. The van der Waals surface area contributed by atoms with Crippen LogP contribution in [0.15, 0.2) is 0 Å². The largest absolute Gasteiger partial charge is 0.400 e. The van der Waals surface area contributed by atoms with Crippen LogP contribution < -0.4 is 0 Å². The third-order valence-electron chi connectivity index (χ3n) is 3.60. The SMILES string of the molecule is CC(C)CCCC(C)(C)OS(=O)(=O)O.CC(C)CCCC(C)(O)OS(=O)(=O)O. The zero-order valence-corrected chi connectivity index (χ0v) is 19.6. The van der Waals surface area contributed by atoms with Crippen molar-refractivity contribution in [1.29, 1.82) is 0 Å². The van der Waals surface area contributed by atoms with E-state index in [4.69, 9.17) is 9.11 Å². The van der Waals surface area contributed by atoms with Crippen molar-refractivity contribution in [3.05, 3.63) is 0 Å². The van der Waals surface area contributed by atoms with Crippen molar-refractivity contribution in [2.24, 2.45) is 11.8 Å². The molecule has 0 rings (SSSR count). The maximum Gasteiger partial charge on any atom is 0.400 e. The summed E-state index contributed by atoms with van der Waals surface area (Å²) in [4.78, 5) is 0. The van der Waals surface area contributed by atoms with Crippen molar-refractivity contribution in [2.75, 3.05) is 0 Å². The summed E-state index contributed by atoms with van der Waals surface area (Å²) in [6.07, 6.45) is 4.21. The quantitative estimate of drug-likeness (QED) is 0.298. The van der Waals surface area contributed by atoms with Gasteiger partial charge in [-0.25, -0.2) is 8.37 Å². The fourth-order valence-electron chi connectivity index (χ4n) is 2.37. The average molecular weight is 451 g/mol. The Morgan fingerprint density at radius 3 is 1.43 bits per heavy atom. The summed E-state index contributed by atoms with van der Waals surface area (Å²) in [5.74, 6) is -0.740. The highest BCUT2D eigenvalue weighted by molar-refractivity contribution is 7.81. The average Bonchev–Trinajstić information content (AvgIpc) is 2.31. The van der Waals surface area contributed by atoms with Gasteiger partial charge in [-0.3, -0.25) is 9.11 Å². The van der Waals surface area contributed by atoms with E-state index in [-0.39, 0.29) is 6.42 Å². The molecule has 0 amide bonds. The van der Waals surface area contributed by atoms with Crippen LogP contribution >= 0.6 is 0 Å². The first-order valence-corrected chi connectivity index (χ1v) is 12.1. The first-order chi connectivity index (χ1) is 12.2. The van der Waals surface area contributed by atoms with Gasteiger partial charge in [-0.2, -0.15) is 16.8 Å². The van der Waals surface area contributed by atoms with Gasteiger partial charge in [0.25, 0.3) is 0 Å². The Labute approximate surface area is 170 Å². The van der Waals surface area contributed by atoms with Crippen molar-refractivity contribution in [2.45, 2.75) is 98.4 Å². The maximum absolute atomic E-state index is 10.5. The van der Waals surface area contributed by atoms with Gasteiger partial charge in [-0.1, -0.05) is 47.0 Å². The predicted molar refractivity (Wildman–Crippen MR) is 107 cm³/mol. The van der Waals surface area contributed by atoms with E-state index in [0.29, 0.717) is 24.7 Å². The van der Waals surface area contributed by atoms with Gasteiger partial charge in [0, 0.05) is 6.42 Å². The summed E-state index contributed by atoms with van der Waals surface area (Å²) >= 11 is 0. The van der Waals surface area contributed by atoms with Gasteiger partial charge in [0.05, 0.1) is 5.60 Å². The van der Waals surface area contributed by atoms with Crippen LogP contribution in [0, 0.1) is 11.8 Å². The Morgan fingerprint density at radius 1 is 0.750 bits per heavy atom. The highest BCUT2D eigenvalue weighted by atomic mass is 32.3. The van der Waals surface area contributed by atoms with Crippen LogP contribution in [0.5, 0.6) is 0 Å². The molecule has 0 aromatic carbocycles. The van der Waals surface area contributed by atoms with Gasteiger partial charge < -0.3 is 5.11 Å². The Hall–Kier alpha value is -0.300. The molecule has 0 heterocycles.